The minimum atomic E-state index is -0.532. The number of carbonyl (C=O) groups excluding carboxylic acids is 2. The normalized spacial score (nSPS) is 10.5. The lowest BCUT2D eigenvalue weighted by molar-refractivity contribution is -0.124. The Balaban J connectivity index is 2.65. The van der Waals surface area contributed by atoms with Crippen LogP contribution >= 0.6 is 0 Å². The van der Waals surface area contributed by atoms with Gasteiger partial charge >= 0.3 is 0 Å². The van der Waals surface area contributed by atoms with E-state index in [0.29, 0.717) is 0 Å². The molecule has 2 rings (SSSR count). The van der Waals surface area contributed by atoms with Gasteiger partial charge in [0.15, 0.2) is 11.2 Å². The van der Waals surface area contributed by atoms with Gasteiger partial charge in [0, 0.05) is 13.8 Å². The first-order chi connectivity index (χ1) is 8.00. The van der Waals surface area contributed by atoms with Gasteiger partial charge in [0.05, 0.1) is 6.33 Å². The smallest absolute Gasteiger partial charge is 0.278 e. The highest BCUT2D eigenvalue weighted by atomic mass is 16.2. The number of aromatic amines is 2. The third kappa shape index (κ3) is 1.80. The van der Waals surface area contributed by atoms with Crippen LogP contribution in [0.3, 0.4) is 0 Å². The van der Waals surface area contributed by atoms with E-state index in [2.05, 4.69) is 19.9 Å². The number of hydrogen-bond acceptors (Lipinski definition) is 5. The van der Waals surface area contributed by atoms with Gasteiger partial charge in [0.1, 0.15) is 0 Å². The number of nitrogens with one attached hydrogen (secondary N) is 2. The molecule has 2 aromatic rings. The monoisotopic (exact) mass is 235 g/mol. The van der Waals surface area contributed by atoms with Gasteiger partial charge in [-0.05, 0) is 0 Å². The molecule has 2 N–H and O–H groups in total. The predicted octanol–water partition coefficient (Wildman–Crippen LogP) is -0.454. The Kier molecular flexibility index (Phi) is 2.47. The number of amides is 2. The quantitative estimate of drug-likeness (QED) is 0.695. The van der Waals surface area contributed by atoms with E-state index in [1.165, 1.54) is 20.2 Å². The fourth-order valence-electron chi connectivity index (χ4n) is 1.46. The van der Waals surface area contributed by atoms with E-state index in [1.807, 2.05) is 0 Å². The van der Waals surface area contributed by atoms with E-state index < -0.39 is 17.4 Å². The van der Waals surface area contributed by atoms with Crippen LogP contribution in [-0.4, -0.2) is 31.8 Å². The van der Waals surface area contributed by atoms with Gasteiger partial charge in [0.25, 0.3) is 5.56 Å². The molecule has 2 amide bonds. The molecule has 0 spiro atoms. The molecule has 0 fully saturated rings. The molecule has 0 atom stereocenters. The lowest BCUT2D eigenvalue weighted by Crippen LogP contribution is -2.35. The van der Waals surface area contributed by atoms with Crippen molar-refractivity contribution in [2.75, 3.05) is 4.90 Å². The molecule has 2 heterocycles. The number of carbonyl (C=O) groups is 2. The summed E-state index contributed by atoms with van der Waals surface area (Å²) in [6.45, 7) is 2.41. The second kappa shape index (κ2) is 3.81. The van der Waals surface area contributed by atoms with E-state index in [0.717, 1.165) is 4.90 Å². The summed E-state index contributed by atoms with van der Waals surface area (Å²) >= 11 is 0. The molecule has 0 aromatic carbocycles. The largest absolute Gasteiger partial charge is 0.339 e. The van der Waals surface area contributed by atoms with Crippen molar-refractivity contribution in [1.82, 2.24) is 19.9 Å². The Bertz CT molecular complexity index is 642. The first kappa shape index (κ1) is 11.0. The van der Waals surface area contributed by atoms with Crippen LogP contribution in [0.2, 0.25) is 0 Å². The van der Waals surface area contributed by atoms with E-state index >= 15 is 0 Å². The van der Waals surface area contributed by atoms with Crippen molar-refractivity contribution in [2.24, 2.45) is 0 Å². The van der Waals surface area contributed by atoms with Crippen LogP contribution in [0.15, 0.2) is 11.1 Å². The van der Waals surface area contributed by atoms with Crippen molar-refractivity contribution in [3.63, 3.8) is 0 Å². The molecular formula is C9H9N5O3. The molecule has 0 aliphatic rings. The van der Waals surface area contributed by atoms with Crippen molar-refractivity contribution in [2.45, 2.75) is 13.8 Å². The van der Waals surface area contributed by atoms with Crippen molar-refractivity contribution >= 4 is 28.9 Å². The van der Waals surface area contributed by atoms with Crippen LogP contribution in [0.25, 0.3) is 11.2 Å². The van der Waals surface area contributed by atoms with Crippen LogP contribution in [0, 0.1) is 0 Å². The molecule has 8 heteroatoms. The maximum atomic E-state index is 11.6. The average Bonchev–Trinajstić information content (AvgIpc) is 2.64. The highest BCUT2D eigenvalue weighted by Crippen LogP contribution is 2.09. The number of nitrogens with zero attached hydrogens (tertiary/aromatic N) is 3. The summed E-state index contributed by atoms with van der Waals surface area (Å²) < 4.78 is 0. The van der Waals surface area contributed by atoms with Gasteiger partial charge in [-0.2, -0.15) is 4.98 Å². The molecule has 8 nitrogen and oxygen atoms in total. The number of imidazole rings is 1. The summed E-state index contributed by atoms with van der Waals surface area (Å²) in [5.41, 5.74) is -0.146. The molecule has 0 unspecified atom stereocenters. The third-order valence-corrected chi connectivity index (χ3v) is 2.13. The van der Waals surface area contributed by atoms with Crippen LogP contribution in [0.5, 0.6) is 0 Å². The van der Waals surface area contributed by atoms with E-state index in [-0.39, 0.29) is 17.1 Å². The lowest BCUT2D eigenvalue weighted by Gasteiger charge is -2.14. The summed E-state index contributed by atoms with van der Waals surface area (Å²) in [6, 6.07) is 0. The van der Waals surface area contributed by atoms with Crippen molar-refractivity contribution in [3.8, 4) is 0 Å². The zero-order chi connectivity index (χ0) is 12.6. The Morgan fingerprint density at radius 1 is 1.29 bits per heavy atom. The standard InChI is InChI=1S/C9H9N5O3/c1-4(15)14(5(2)16)9-12-7-6(8(17)13-9)10-3-11-7/h3H,1-2H3,(H2,10,11,12,13,17). The lowest BCUT2D eigenvalue weighted by atomic mass is 10.5. The second-order valence-electron chi connectivity index (χ2n) is 3.36. The third-order valence-electron chi connectivity index (χ3n) is 2.13. The molecule has 0 radical (unpaired) electrons. The summed E-state index contributed by atoms with van der Waals surface area (Å²) in [5, 5.41) is 0. The molecule has 0 aliphatic carbocycles. The van der Waals surface area contributed by atoms with Crippen LogP contribution in [0.4, 0.5) is 5.95 Å². The van der Waals surface area contributed by atoms with Gasteiger partial charge in [-0.15, -0.1) is 0 Å². The number of H-pyrrole nitrogens is 2. The van der Waals surface area contributed by atoms with Gasteiger partial charge in [-0.1, -0.05) is 0 Å². The van der Waals surface area contributed by atoms with Gasteiger partial charge in [-0.25, -0.2) is 9.88 Å². The average molecular weight is 235 g/mol. The SMILES string of the molecule is CC(=O)N(C(C)=O)c1nc2nc[nH]c2c(=O)[nH]1. The minimum absolute atomic E-state index is 0.130. The Morgan fingerprint density at radius 3 is 2.53 bits per heavy atom. The Morgan fingerprint density at radius 2 is 1.94 bits per heavy atom. The highest BCUT2D eigenvalue weighted by Gasteiger charge is 2.20. The molecular weight excluding hydrogens is 226 g/mol. The zero-order valence-electron chi connectivity index (χ0n) is 9.14. The number of hydrogen-bond donors (Lipinski definition) is 2. The number of fused-ring (bicyclic) bond motifs is 1. The molecule has 0 saturated heterocycles. The summed E-state index contributed by atoms with van der Waals surface area (Å²) in [5.74, 6) is -1.19. The Labute approximate surface area is 94.7 Å². The fourth-order valence-corrected chi connectivity index (χ4v) is 1.46. The topological polar surface area (TPSA) is 112 Å². The van der Waals surface area contributed by atoms with E-state index in [4.69, 9.17) is 0 Å². The first-order valence-electron chi connectivity index (χ1n) is 4.75. The number of aromatic nitrogens is 4. The maximum absolute atomic E-state index is 11.6. The highest BCUT2D eigenvalue weighted by molar-refractivity contribution is 6.12. The molecule has 0 aliphatic heterocycles. The Hall–Kier alpha value is -2.51. The minimum Gasteiger partial charge on any atom is -0.339 e. The summed E-state index contributed by atoms with van der Waals surface area (Å²) in [4.78, 5) is 47.6. The van der Waals surface area contributed by atoms with Gasteiger partial charge < -0.3 is 4.98 Å². The van der Waals surface area contributed by atoms with E-state index in [9.17, 15) is 14.4 Å². The first-order valence-corrected chi connectivity index (χ1v) is 4.75. The van der Waals surface area contributed by atoms with Gasteiger partial charge in [0.2, 0.25) is 17.8 Å². The number of anilines is 1. The van der Waals surface area contributed by atoms with Crippen LogP contribution in [0.1, 0.15) is 13.8 Å². The van der Waals surface area contributed by atoms with Crippen molar-refractivity contribution in [3.05, 3.63) is 16.7 Å². The zero-order valence-corrected chi connectivity index (χ0v) is 9.14. The molecule has 17 heavy (non-hydrogen) atoms. The predicted molar refractivity (Wildman–Crippen MR) is 58.4 cm³/mol. The fraction of sp³-hybridized carbons (Fsp3) is 0.222. The molecule has 88 valence electrons. The van der Waals surface area contributed by atoms with E-state index in [1.54, 1.807) is 0 Å². The number of rotatable bonds is 1. The van der Waals surface area contributed by atoms with Crippen molar-refractivity contribution in [1.29, 1.82) is 0 Å². The molecule has 2 aromatic heterocycles. The van der Waals surface area contributed by atoms with Gasteiger partial charge in [-0.3, -0.25) is 19.4 Å². The summed E-state index contributed by atoms with van der Waals surface area (Å²) in [7, 11) is 0. The van der Waals surface area contributed by atoms with Crippen LogP contribution < -0.4 is 10.5 Å². The summed E-state index contributed by atoms with van der Waals surface area (Å²) in [6.07, 6.45) is 1.31. The van der Waals surface area contributed by atoms with Crippen LogP contribution in [-0.2, 0) is 9.59 Å². The number of imide groups is 1. The molecule has 0 saturated carbocycles. The second-order valence-corrected chi connectivity index (χ2v) is 3.36. The molecule has 0 bridgehead atoms. The maximum Gasteiger partial charge on any atom is 0.278 e. The van der Waals surface area contributed by atoms with Crippen molar-refractivity contribution < 1.29 is 9.59 Å².